The highest BCUT2D eigenvalue weighted by Gasteiger charge is 2.16. The molecule has 0 bridgehead atoms. The van der Waals surface area contributed by atoms with Crippen LogP contribution >= 0.6 is 49.2 Å². The third kappa shape index (κ3) is 2.81. The van der Waals surface area contributed by atoms with Gasteiger partial charge in [-0.1, -0.05) is 15.9 Å². The lowest BCUT2D eigenvalue weighted by Crippen LogP contribution is -1.96. The van der Waals surface area contributed by atoms with Crippen LogP contribution < -0.4 is 0 Å². The average molecular weight is 395 g/mol. The van der Waals surface area contributed by atoms with E-state index in [1.807, 2.05) is 35.6 Å². The Hall–Kier alpha value is 0.670. The van der Waals surface area contributed by atoms with Crippen LogP contribution in [0.4, 0.5) is 0 Å². The van der Waals surface area contributed by atoms with Crippen LogP contribution in [0, 0.1) is 10.5 Å². The summed E-state index contributed by atoms with van der Waals surface area (Å²) in [5.41, 5.74) is 0.884. The molecule has 0 aliphatic heterocycles. The first kappa shape index (κ1) is 11.7. The van der Waals surface area contributed by atoms with E-state index in [1.54, 1.807) is 0 Å². The summed E-state index contributed by atoms with van der Waals surface area (Å²) in [6, 6.07) is 3.34. The molecule has 0 aliphatic rings. The molecule has 0 fully saturated rings. The maximum Gasteiger partial charge on any atom is 0.262 e. The van der Waals surface area contributed by atoms with Gasteiger partial charge < -0.3 is 0 Å². The first-order chi connectivity index (χ1) is 5.82. The van der Waals surface area contributed by atoms with Crippen molar-refractivity contribution in [3.8, 4) is 0 Å². The van der Waals surface area contributed by atoms with E-state index < -0.39 is 9.05 Å². The Morgan fingerprint density at radius 1 is 1.46 bits per heavy atom. The molecule has 0 unspecified atom stereocenters. The second-order valence-electron chi connectivity index (χ2n) is 2.47. The number of aryl methyl sites for hydroxylation is 1. The van der Waals surface area contributed by atoms with E-state index >= 15 is 0 Å². The molecule has 6 heteroatoms. The van der Waals surface area contributed by atoms with Gasteiger partial charge in [0.15, 0.2) is 0 Å². The summed E-state index contributed by atoms with van der Waals surface area (Å²) in [6.07, 6.45) is 0. The number of hydrogen-bond donors (Lipinski definition) is 0. The van der Waals surface area contributed by atoms with E-state index in [1.165, 1.54) is 6.07 Å². The molecule has 0 N–H and O–H groups in total. The van der Waals surface area contributed by atoms with Crippen molar-refractivity contribution < 1.29 is 8.42 Å². The lowest BCUT2D eigenvalue weighted by Gasteiger charge is -2.04. The summed E-state index contributed by atoms with van der Waals surface area (Å²) < 4.78 is 23.6. The molecule has 0 heterocycles. The van der Waals surface area contributed by atoms with Crippen molar-refractivity contribution in [1.29, 1.82) is 0 Å². The minimum absolute atomic E-state index is 0.154. The van der Waals surface area contributed by atoms with Gasteiger partial charge in [-0.2, -0.15) is 0 Å². The van der Waals surface area contributed by atoms with Crippen LogP contribution in [0.15, 0.2) is 21.5 Å². The smallest absolute Gasteiger partial charge is 0.207 e. The highest BCUT2D eigenvalue weighted by molar-refractivity contribution is 14.1. The number of hydrogen-bond acceptors (Lipinski definition) is 2. The van der Waals surface area contributed by atoms with Gasteiger partial charge in [0.2, 0.25) is 0 Å². The van der Waals surface area contributed by atoms with Gasteiger partial charge in [0.1, 0.15) is 0 Å². The summed E-state index contributed by atoms with van der Waals surface area (Å²) >= 11 is 5.18. The van der Waals surface area contributed by atoms with E-state index in [0.717, 1.165) is 5.56 Å². The normalized spacial score (nSPS) is 11.7. The minimum atomic E-state index is -3.64. The fourth-order valence-corrected chi connectivity index (χ4v) is 4.18. The van der Waals surface area contributed by atoms with E-state index in [-0.39, 0.29) is 4.90 Å². The van der Waals surface area contributed by atoms with Crippen LogP contribution in [0.25, 0.3) is 0 Å². The summed E-state index contributed by atoms with van der Waals surface area (Å²) in [4.78, 5) is 0.154. The van der Waals surface area contributed by atoms with Gasteiger partial charge in [-0.3, -0.25) is 0 Å². The zero-order valence-electron chi connectivity index (χ0n) is 6.51. The molecule has 0 amide bonds. The predicted octanol–water partition coefficient (Wildman–Crippen LogP) is 3.29. The van der Waals surface area contributed by atoms with Crippen LogP contribution in [0.3, 0.4) is 0 Å². The molecular formula is C7H5BrClIO2S. The van der Waals surface area contributed by atoms with Crippen molar-refractivity contribution in [1.82, 2.24) is 0 Å². The quantitative estimate of drug-likeness (QED) is 0.540. The van der Waals surface area contributed by atoms with Crippen molar-refractivity contribution in [3.63, 3.8) is 0 Å². The molecule has 0 aliphatic carbocycles. The Labute approximate surface area is 103 Å². The van der Waals surface area contributed by atoms with Crippen LogP contribution in [0.1, 0.15) is 5.56 Å². The highest BCUT2D eigenvalue weighted by atomic mass is 127. The molecule has 0 radical (unpaired) electrons. The van der Waals surface area contributed by atoms with E-state index in [0.29, 0.717) is 8.04 Å². The number of rotatable bonds is 1. The Kier molecular flexibility index (Phi) is 3.65. The van der Waals surface area contributed by atoms with Crippen molar-refractivity contribution in [3.05, 3.63) is 25.7 Å². The maximum absolute atomic E-state index is 11.1. The molecule has 0 saturated carbocycles. The topological polar surface area (TPSA) is 34.1 Å². The van der Waals surface area contributed by atoms with Crippen molar-refractivity contribution >= 4 is 58.3 Å². The van der Waals surface area contributed by atoms with Crippen molar-refractivity contribution in [2.45, 2.75) is 11.8 Å². The Balaban J connectivity index is 3.56. The highest BCUT2D eigenvalue weighted by Crippen LogP contribution is 2.28. The molecule has 0 spiro atoms. The third-order valence-electron chi connectivity index (χ3n) is 1.45. The molecule has 13 heavy (non-hydrogen) atoms. The summed E-state index contributed by atoms with van der Waals surface area (Å²) in [6.45, 7) is 1.83. The number of benzene rings is 1. The van der Waals surface area contributed by atoms with Gasteiger partial charge in [-0.15, -0.1) is 0 Å². The second-order valence-corrected chi connectivity index (χ2v) is 7.00. The first-order valence-corrected chi connectivity index (χ1v) is 7.41. The van der Waals surface area contributed by atoms with E-state index in [2.05, 4.69) is 15.9 Å². The number of halogens is 3. The van der Waals surface area contributed by atoms with E-state index in [4.69, 9.17) is 10.7 Å². The lowest BCUT2D eigenvalue weighted by atomic mass is 10.2. The van der Waals surface area contributed by atoms with Crippen LogP contribution in [-0.4, -0.2) is 8.42 Å². The molecule has 72 valence electrons. The minimum Gasteiger partial charge on any atom is -0.207 e. The molecule has 0 saturated heterocycles. The van der Waals surface area contributed by atoms with E-state index in [9.17, 15) is 8.42 Å². The van der Waals surface area contributed by atoms with Gasteiger partial charge in [0.05, 0.1) is 4.90 Å². The third-order valence-corrected chi connectivity index (χ3v) is 5.05. The average Bonchev–Trinajstić information content (AvgIpc) is 1.94. The fraction of sp³-hybridized carbons (Fsp3) is 0.143. The largest absolute Gasteiger partial charge is 0.262 e. The van der Waals surface area contributed by atoms with Gasteiger partial charge in [0.25, 0.3) is 9.05 Å². The Bertz CT molecular complexity index is 444. The van der Waals surface area contributed by atoms with Crippen LogP contribution in [-0.2, 0) is 9.05 Å². The molecule has 1 aromatic carbocycles. The van der Waals surface area contributed by atoms with Crippen LogP contribution in [0.5, 0.6) is 0 Å². The van der Waals surface area contributed by atoms with Gasteiger partial charge >= 0.3 is 0 Å². The van der Waals surface area contributed by atoms with Crippen molar-refractivity contribution in [2.24, 2.45) is 0 Å². The maximum atomic E-state index is 11.1. The standard InChI is InChI=1S/C7H5BrClIO2S/c1-4-2-5(8)3-6(7(4)10)13(9,11)12/h2-3H,1H3. The summed E-state index contributed by atoms with van der Waals surface area (Å²) in [5, 5.41) is 0. The molecule has 1 rings (SSSR count). The first-order valence-electron chi connectivity index (χ1n) is 3.22. The Morgan fingerprint density at radius 3 is 2.46 bits per heavy atom. The summed E-state index contributed by atoms with van der Waals surface area (Å²) in [5.74, 6) is 0. The molecule has 1 aromatic rings. The van der Waals surface area contributed by atoms with Gasteiger partial charge in [-0.05, 0) is 47.2 Å². The summed E-state index contributed by atoms with van der Waals surface area (Å²) in [7, 11) is 1.61. The SMILES string of the molecule is Cc1cc(Br)cc(S(=O)(=O)Cl)c1I. The van der Waals surface area contributed by atoms with Crippen molar-refractivity contribution in [2.75, 3.05) is 0 Å². The molecular weight excluding hydrogens is 390 g/mol. The predicted molar refractivity (Wildman–Crippen MR) is 64.6 cm³/mol. The zero-order chi connectivity index (χ0) is 10.2. The molecule has 0 aromatic heterocycles. The lowest BCUT2D eigenvalue weighted by molar-refractivity contribution is 0.609. The monoisotopic (exact) mass is 394 g/mol. The Morgan fingerprint density at radius 2 is 2.00 bits per heavy atom. The molecule has 2 nitrogen and oxygen atoms in total. The zero-order valence-corrected chi connectivity index (χ0v) is 11.8. The van der Waals surface area contributed by atoms with Gasteiger partial charge in [0, 0.05) is 18.7 Å². The fourth-order valence-electron chi connectivity index (χ4n) is 0.872. The van der Waals surface area contributed by atoms with Crippen LogP contribution in [0.2, 0.25) is 0 Å². The van der Waals surface area contributed by atoms with Gasteiger partial charge in [-0.25, -0.2) is 8.42 Å². The molecule has 0 atom stereocenters. The second kappa shape index (κ2) is 4.04.